The minimum absolute atomic E-state index is 0.0891. The van der Waals surface area contributed by atoms with E-state index in [4.69, 9.17) is 5.73 Å². The Kier molecular flexibility index (Phi) is 4.67. The van der Waals surface area contributed by atoms with Gasteiger partial charge >= 0.3 is 0 Å². The molecular weight excluding hydrogens is 250 g/mol. The second kappa shape index (κ2) is 6.27. The SMILES string of the molecule is Cc1ccc(SCC(N)c2cccc(C)c2C)cc1. The van der Waals surface area contributed by atoms with Crippen LogP contribution >= 0.6 is 11.8 Å². The van der Waals surface area contributed by atoms with E-state index >= 15 is 0 Å². The van der Waals surface area contributed by atoms with Crippen molar-refractivity contribution in [2.24, 2.45) is 5.73 Å². The van der Waals surface area contributed by atoms with Crippen molar-refractivity contribution in [3.05, 3.63) is 64.7 Å². The van der Waals surface area contributed by atoms with Crippen molar-refractivity contribution in [3.8, 4) is 0 Å². The lowest BCUT2D eigenvalue weighted by Crippen LogP contribution is -2.14. The molecule has 19 heavy (non-hydrogen) atoms. The number of hydrogen-bond acceptors (Lipinski definition) is 2. The van der Waals surface area contributed by atoms with E-state index in [2.05, 4.69) is 63.2 Å². The third-order valence-electron chi connectivity index (χ3n) is 3.50. The molecule has 1 unspecified atom stereocenters. The lowest BCUT2D eigenvalue weighted by atomic mass is 9.99. The Bertz CT molecular complexity index is 546. The minimum atomic E-state index is 0.0891. The van der Waals surface area contributed by atoms with Gasteiger partial charge in [0.25, 0.3) is 0 Å². The Morgan fingerprint density at radius 1 is 1.00 bits per heavy atom. The fourth-order valence-corrected chi connectivity index (χ4v) is 2.97. The van der Waals surface area contributed by atoms with Crippen LogP contribution < -0.4 is 5.73 Å². The number of aryl methyl sites for hydroxylation is 2. The van der Waals surface area contributed by atoms with Gasteiger partial charge in [-0.1, -0.05) is 35.9 Å². The molecule has 0 bridgehead atoms. The summed E-state index contributed by atoms with van der Waals surface area (Å²) in [7, 11) is 0. The molecule has 100 valence electrons. The van der Waals surface area contributed by atoms with E-state index in [1.807, 2.05) is 11.8 Å². The molecule has 0 aliphatic heterocycles. The van der Waals surface area contributed by atoms with Gasteiger partial charge in [-0.15, -0.1) is 11.8 Å². The molecule has 0 heterocycles. The molecular formula is C17H21NS. The zero-order valence-corrected chi connectivity index (χ0v) is 12.6. The first-order valence-corrected chi connectivity index (χ1v) is 7.57. The van der Waals surface area contributed by atoms with Gasteiger partial charge in [0.15, 0.2) is 0 Å². The van der Waals surface area contributed by atoms with Crippen molar-refractivity contribution in [1.82, 2.24) is 0 Å². The van der Waals surface area contributed by atoms with Crippen molar-refractivity contribution >= 4 is 11.8 Å². The number of thioether (sulfide) groups is 1. The van der Waals surface area contributed by atoms with E-state index in [0.29, 0.717) is 0 Å². The van der Waals surface area contributed by atoms with Crippen LogP contribution in [0.1, 0.15) is 28.3 Å². The summed E-state index contributed by atoms with van der Waals surface area (Å²) in [6.45, 7) is 6.40. The summed E-state index contributed by atoms with van der Waals surface area (Å²) in [5.74, 6) is 0.910. The molecule has 1 nitrogen and oxygen atoms in total. The Hall–Kier alpha value is -1.25. The van der Waals surface area contributed by atoms with Crippen molar-refractivity contribution in [2.75, 3.05) is 5.75 Å². The van der Waals surface area contributed by atoms with Crippen LogP contribution in [0.4, 0.5) is 0 Å². The summed E-state index contributed by atoms with van der Waals surface area (Å²) < 4.78 is 0. The summed E-state index contributed by atoms with van der Waals surface area (Å²) in [6, 6.07) is 15.1. The molecule has 2 rings (SSSR count). The Balaban J connectivity index is 2.03. The second-order valence-corrected chi connectivity index (χ2v) is 6.11. The molecule has 0 aliphatic carbocycles. The first kappa shape index (κ1) is 14.2. The van der Waals surface area contributed by atoms with Gasteiger partial charge in [0, 0.05) is 16.7 Å². The van der Waals surface area contributed by atoms with Gasteiger partial charge in [0.2, 0.25) is 0 Å². The Labute approximate surface area is 120 Å². The van der Waals surface area contributed by atoms with Crippen LogP contribution in [0.5, 0.6) is 0 Å². The Morgan fingerprint density at radius 2 is 1.68 bits per heavy atom. The largest absolute Gasteiger partial charge is 0.323 e. The van der Waals surface area contributed by atoms with Gasteiger partial charge < -0.3 is 5.73 Å². The molecule has 2 N–H and O–H groups in total. The van der Waals surface area contributed by atoms with Crippen LogP contribution in [0.15, 0.2) is 47.4 Å². The molecule has 0 amide bonds. The van der Waals surface area contributed by atoms with Gasteiger partial charge in [-0.25, -0.2) is 0 Å². The molecule has 1 atom stereocenters. The lowest BCUT2D eigenvalue weighted by molar-refractivity contribution is 0.820. The van der Waals surface area contributed by atoms with E-state index in [1.54, 1.807) is 0 Å². The van der Waals surface area contributed by atoms with Gasteiger partial charge in [0.1, 0.15) is 0 Å². The summed E-state index contributed by atoms with van der Waals surface area (Å²) in [6.07, 6.45) is 0. The highest BCUT2D eigenvalue weighted by Gasteiger charge is 2.10. The Morgan fingerprint density at radius 3 is 2.37 bits per heavy atom. The van der Waals surface area contributed by atoms with Crippen LogP contribution in [0.2, 0.25) is 0 Å². The van der Waals surface area contributed by atoms with E-state index < -0.39 is 0 Å². The molecule has 2 heteroatoms. The number of rotatable bonds is 4. The van der Waals surface area contributed by atoms with Crippen LogP contribution in [0.25, 0.3) is 0 Å². The highest BCUT2D eigenvalue weighted by molar-refractivity contribution is 7.99. The third-order valence-corrected chi connectivity index (χ3v) is 4.63. The predicted molar refractivity (Wildman–Crippen MR) is 84.7 cm³/mol. The van der Waals surface area contributed by atoms with Gasteiger partial charge in [0.05, 0.1) is 0 Å². The first-order valence-electron chi connectivity index (χ1n) is 6.59. The van der Waals surface area contributed by atoms with Crippen molar-refractivity contribution in [3.63, 3.8) is 0 Å². The van der Waals surface area contributed by atoms with E-state index in [0.717, 1.165) is 5.75 Å². The number of hydrogen-bond donors (Lipinski definition) is 1. The third kappa shape index (κ3) is 3.62. The minimum Gasteiger partial charge on any atom is -0.323 e. The number of benzene rings is 2. The standard InChI is InChI=1S/C17H21NS/c1-12-7-9-15(10-8-12)19-11-17(18)16-6-4-5-13(2)14(16)3/h4-10,17H,11,18H2,1-3H3. The quantitative estimate of drug-likeness (QED) is 0.834. The van der Waals surface area contributed by atoms with Gasteiger partial charge in [-0.3, -0.25) is 0 Å². The predicted octanol–water partition coefficient (Wildman–Crippen LogP) is 4.40. The molecule has 0 saturated heterocycles. The lowest BCUT2D eigenvalue weighted by Gasteiger charge is -2.16. The van der Waals surface area contributed by atoms with Gasteiger partial charge in [-0.2, -0.15) is 0 Å². The molecule has 2 aromatic carbocycles. The summed E-state index contributed by atoms with van der Waals surface area (Å²) in [5.41, 5.74) is 11.5. The summed E-state index contributed by atoms with van der Waals surface area (Å²) >= 11 is 1.82. The smallest absolute Gasteiger partial charge is 0.0393 e. The van der Waals surface area contributed by atoms with Crippen LogP contribution in [0.3, 0.4) is 0 Å². The highest BCUT2D eigenvalue weighted by Crippen LogP contribution is 2.26. The normalized spacial score (nSPS) is 12.4. The van der Waals surface area contributed by atoms with Crippen molar-refractivity contribution < 1.29 is 0 Å². The van der Waals surface area contributed by atoms with Crippen LogP contribution in [-0.4, -0.2) is 5.75 Å². The highest BCUT2D eigenvalue weighted by atomic mass is 32.2. The van der Waals surface area contributed by atoms with E-state index in [-0.39, 0.29) is 6.04 Å². The fraction of sp³-hybridized carbons (Fsp3) is 0.294. The fourth-order valence-electron chi connectivity index (χ4n) is 2.09. The average Bonchev–Trinajstić information content (AvgIpc) is 2.41. The zero-order chi connectivity index (χ0) is 13.8. The molecule has 0 radical (unpaired) electrons. The van der Waals surface area contributed by atoms with Crippen molar-refractivity contribution in [2.45, 2.75) is 31.7 Å². The molecule has 0 aromatic heterocycles. The maximum absolute atomic E-state index is 6.32. The second-order valence-electron chi connectivity index (χ2n) is 5.02. The van der Waals surface area contributed by atoms with E-state index in [9.17, 15) is 0 Å². The molecule has 0 fully saturated rings. The molecule has 0 aliphatic rings. The van der Waals surface area contributed by atoms with Gasteiger partial charge in [-0.05, 0) is 49.6 Å². The van der Waals surface area contributed by atoms with Crippen LogP contribution in [-0.2, 0) is 0 Å². The summed E-state index contributed by atoms with van der Waals surface area (Å²) in [5, 5.41) is 0. The average molecular weight is 271 g/mol. The maximum atomic E-state index is 6.32. The maximum Gasteiger partial charge on any atom is 0.0393 e. The number of nitrogens with two attached hydrogens (primary N) is 1. The van der Waals surface area contributed by atoms with E-state index in [1.165, 1.54) is 27.1 Å². The van der Waals surface area contributed by atoms with Crippen LogP contribution in [0, 0.1) is 20.8 Å². The topological polar surface area (TPSA) is 26.0 Å². The summed E-state index contributed by atoms with van der Waals surface area (Å²) in [4.78, 5) is 1.28. The molecule has 0 spiro atoms. The zero-order valence-electron chi connectivity index (χ0n) is 11.8. The molecule has 2 aromatic rings. The first-order chi connectivity index (χ1) is 9.08. The monoisotopic (exact) mass is 271 g/mol. The molecule has 0 saturated carbocycles. The van der Waals surface area contributed by atoms with Crippen molar-refractivity contribution in [1.29, 1.82) is 0 Å².